The molecule has 156 valence electrons. The largest absolute Gasteiger partial charge is 0.496 e. The van der Waals surface area contributed by atoms with Crippen LogP contribution in [0.3, 0.4) is 0 Å². The van der Waals surface area contributed by atoms with Gasteiger partial charge < -0.3 is 15.0 Å². The molecule has 2 aromatic rings. The quantitative estimate of drug-likeness (QED) is 0.791. The zero-order chi connectivity index (χ0) is 21.3. The molecule has 2 aliphatic heterocycles. The highest BCUT2D eigenvalue weighted by Gasteiger charge is 2.53. The molecule has 1 unspecified atom stereocenters. The minimum absolute atomic E-state index is 0.152. The van der Waals surface area contributed by atoms with E-state index in [1.807, 2.05) is 31.2 Å². The minimum atomic E-state index is -1.07. The van der Waals surface area contributed by atoms with Gasteiger partial charge in [0.1, 0.15) is 11.3 Å². The summed E-state index contributed by atoms with van der Waals surface area (Å²) in [5, 5.41) is 2.88. The molecule has 4 amide bonds. The van der Waals surface area contributed by atoms with Crippen molar-refractivity contribution in [2.75, 3.05) is 20.2 Å². The number of aryl methyl sites for hydroxylation is 1. The molecule has 2 fully saturated rings. The molecule has 0 saturated carbocycles. The van der Waals surface area contributed by atoms with Crippen LogP contribution in [0.5, 0.6) is 5.75 Å². The fraction of sp³-hybridized carbons (Fsp3) is 0.348. The number of nitrogens with zero attached hydrogens (tertiary/aromatic N) is 2. The van der Waals surface area contributed by atoms with Gasteiger partial charge in [0.2, 0.25) is 0 Å². The molecular weight excluding hydrogens is 382 g/mol. The number of likely N-dealkylation sites (tertiary alicyclic amines) is 1. The number of nitrogens with one attached hydrogen (secondary N) is 1. The van der Waals surface area contributed by atoms with Crippen molar-refractivity contribution in [3.05, 3.63) is 65.2 Å². The van der Waals surface area contributed by atoms with Crippen LogP contribution >= 0.6 is 0 Å². The molecule has 1 N–H and O–H groups in total. The summed E-state index contributed by atoms with van der Waals surface area (Å²) in [5.74, 6) is 0.0149. The first-order valence-corrected chi connectivity index (χ1v) is 10.1. The number of benzene rings is 2. The van der Waals surface area contributed by atoms with Gasteiger partial charge in [0.15, 0.2) is 0 Å². The van der Waals surface area contributed by atoms with Gasteiger partial charge in [-0.1, -0.05) is 42.0 Å². The summed E-state index contributed by atoms with van der Waals surface area (Å²) in [7, 11) is 1.52. The maximum absolute atomic E-state index is 13.3. The number of hydrogen-bond acceptors (Lipinski definition) is 4. The van der Waals surface area contributed by atoms with E-state index in [0.717, 1.165) is 11.1 Å². The first-order valence-electron chi connectivity index (χ1n) is 10.1. The van der Waals surface area contributed by atoms with E-state index in [1.54, 1.807) is 29.2 Å². The Morgan fingerprint density at radius 3 is 2.60 bits per heavy atom. The van der Waals surface area contributed by atoms with Gasteiger partial charge in [-0.3, -0.25) is 14.5 Å². The van der Waals surface area contributed by atoms with Crippen LogP contribution in [0.4, 0.5) is 4.79 Å². The number of amides is 4. The molecule has 1 atom stereocenters. The van der Waals surface area contributed by atoms with Crippen LogP contribution in [-0.4, -0.2) is 53.4 Å². The zero-order valence-electron chi connectivity index (χ0n) is 17.2. The van der Waals surface area contributed by atoms with Crippen molar-refractivity contribution in [2.45, 2.75) is 31.8 Å². The predicted molar refractivity (Wildman–Crippen MR) is 111 cm³/mol. The van der Waals surface area contributed by atoms with Gasteiger partial charge in [-0.15, -0.1) is 0 Å². The van der Waals surface area contributed by atoms with Crippen molar-refractivity contribution < 1.29 is 19.1 Å². The highest BCUT2D eigenvalue weighted by molar-refractivity contribution is 6.08. The van der Waals surface area contributed by atoms with Crippen LogP contribution in [0.15, 0.2) is 48.5 Å². The smallest absolute Gasteiger partial charge is 0.325 e. The summed E-state index contributed by atoms with van der Waals surface area (Å²) in [5.41, 5.74) is 1.38. The number of carbonyl (C=O) groups excluding carboxylic acids is 3. The number of piperidine rings is 1. The van der Waals surface area contributed by atoms with E-state index in [0.29, 0.717) is 30.7 Å². The lowest BCUT2D eigenvalue weighted by Crippen LogP contribution is -2.59. The molecule has 30 heavy (non-hydrogen) atoms. The van der Waals surface area contributed by atoms with Crippen molar-refractivity contribution in [2.24, 2.45) is 0 Å². The molecule has 0 aromatic heterocycles. The topological polar surface area (TPSA) is 79.0 Å². The van der Waals surface area contributed by atoms with Crippen LogP contribution in [0.25, 0.3) is 0 Å². The van der Waals surface area contributed by atoms with Gasteiger partial charge in [-0.25, -0.2) is 4.79 Å². The molecule has 7 heteroatoms. The van der Waals surface area contributed by atoms with Crippen LogP contribution < -0.4 is 10.1 Å². The van der Waals surface area contributed by atoms with Crippen molar-refractivity contribution in [1.29, 1.82) is 0 Å². The summed E-state index contributed by atoms with van der Waals surface area (Å²) < 4.78 is 5.31. The van der Waals surface area contributed by atoms with Gasteiger partial charge in [0.25, 0.3) is 11.8 Å². The highest BCUT2D eigenvalue weighted by atomic mass is 16.5. The Morgan fingerprint density at radius 1 is 1.13 bits per heavy atom. The summed E-state index contributed by atoms with van der Waals surface area (Å²) in [4.78, 5) is 41.9. The number of methoxy groups -OCH3 is 1. The lowest BCUT2D eigenvalue weighted by molar-refractivity contribution is -0.133. The van der Waals surface area contributed by atoms with Gasteiger partial charge in [-0.05, 0) is 37.5 Å². The number of hydrogen-bond donors (Lipinski definition) is 1. The molecule has 0 radical (unpaired) electrons. The molecule has 0 aliphatic carbocycles. The average molecular weight is 407 g/mol. The van der Waals surface area contributed by atoms with Crippen molar-refractivity contribution in [1.82, 2.24) is 15.1 Å². The number of urea groups is 1. The lowest BCUT2D eigenvalue weighted by Gasteiger charge is -2.38. The second-order valence-electron chi connectivity index (χ2n) is 7.92. The maximum Gasteiger partial charge on any atom is 0.325 e. The standard InChI is InChI=1S/C23H25N3O4/c1-16-8-10-17(11-9-16)14-26-21(28)23(24-22(26)29)12-5-13-25(15-23)20(27)18-6-3-4-7-19(18)30-2/h3-4,6-11H,5,12-15H2,1-2H3,(H,24,29). The van der Waals surface area contributed by atoms with E-state index in [-0.39, 0.29) is 24.9 Å². The number of imide groups is 1. The fourth-order valence-corrected chi connectivity index (χ4v) is 4.19. The molecule has 2 saturated heterocycles. The zero-order valence-corrected chi connectivity index (χ0v) is 17.2. The molecule has 7 nitrogen and oxygen atoms in total. The van der Waals surface area contributed by atoms with Crippen molar-refractivity contribution >= 4 is 17.8 Å². The highest BCUT2D eigenvalue weighted by Crippen LogP contribution is 2.31. The summed E-state index contributed by atoms with van der Waals surface area (Å²) >= 11 is 0. The van der Waals surface area contributed by atoms with Crippen LogP contribution in [-0.2, 0) is 11.3 Å². The SMILES string of the molecule is COc1ccccc1C(=O)N1CCCC2(C1)NC(=O)N(Cc1ccc(C)cc1)C2=O. The molecule has 2 heterocycles. The van der Waals surface area contributed by atoms with Crippen LogP contribution in [0.1, 0.15) is 34.3 Å². The number of para-hydroxylation sites is 1. The third kappa shape index (κ3) is 3.51. The van der Waals surface area contributed by atoms with Crippen LogP contribution in [0, 0.1) is 6.92 Å². The third-order valence-electron chi connectivity index (χ3n) is 5.82. The molecular formula is C23H25N3O4. The number of ether oxygens (including phenoxy) is 1. The summed E-state index contributed by atoms with van der Waals surface area (Å²) in [6, 6.07) is 14.4. The van der Waals surface area contributed by atoms with Gasteiger partial charge >= 0.3 is 6.03 Å². The van der Waals surface area contributed by atoms with Gasteiger partial charge in [0.05, 0.1) is 25.8 Å². The number of carbonyl (C=O) groups is 3. The first-order chi connectivity index (χ1) is 14.4. The summed E-state index contributed by atoms with van der Waals surface area (Å²) in [6.07, 6.45) is 1.14. The summed E-state index contributed by atoms with van der Waals surface area (Å²) in [6.45, 7) is 2.88. The van der Waals surface area contributed by atoms with Crippen molar-refractivity contribution in [3.63, 3.8) is 0 Å². The Morgan fingerprint density at radius 2 is 1.87 bits per heavy atom. The van der Waals surface area contributed by atoms with E-state index in [2.05, 4.69) is 5.32 Å². The molecule has 2 aliphatic rings. The van der Waals surface area contributed by atoms with E-state index in [1.165, 1.54) is 12.0 Å². The molecule has 4 rings (SSSR count). The van der Waals surface area contributed by atoms with Crippen molar-refractivity contribution in [3.8, 4) is 5.75 Å². The van der Waals surface area contributed by atoms with Gasteiger partial charge in [0, 0.05) is 6.54 Å². The fourth-order valence-electron chi connectivity index (χ4n) is 4.19. The Kier molecular flexibility index (Phi) is 5.20. The Labute approximate surface area is 175 Å². The third-order valence-corrected chi connectivity index (χ3v) is 5.82. The van der Waals surface area contributed by atoms with Crippen LogP contribution in [0.2, 0.25) is 0 Å². The maximum atomic E-state index is 13.3. The lowest BCUT2D eigenvalue weighted by atomic mass is 9.88. The second-order valence-corrected chi connectivity index (χ2v) is 7.92. The Balaban J connectivity index is 1.54. The van der Waals surface area contributed by atoms with E-state index in [4.69, 9.17) is 4.74 Å². The second kappa shape index (κ2) is 7.82. The van der Waals surface area contributed by atoms with E-state index < -0.39 is 11.6 Å². The van der Waals surface area contributed by atoms with E-state index >= 15 is 0 Å². The van der Waals surface area contributed by atoms with E-state index in [9.17, 15) is 14.4 Å². The number of rotatable bonds is 4. The minimum Gasteiger partial charge on any atom is -0.496 e. The Hall–Kier alpha value is -3.35. The van der Waals surface area contributed by atoms with Gasteiger partial charge in [-0.2, -0.15) is 0 Å². The predicted octanol–water partition coefficient (Wildman–Crippen LogP) is 2.73. The molecule has 1 spiro atoms. The monoisotopic (exact) mass is 407 g/mol. The Bertz CT molecular complexity index is 988. The normalized spacial score (nSPS) is 21.1. The molecule has 2 aromatic carbocycles. The first kappa shape index (κ1) is 19.9. The average Bonchev–Trinajstić information content (AvgIpc) is 2.98. The molecule has 0 bridgehead atoms.